The van der Waals surface area contributed by atoms with E-state index < -0.39 is 5.97 Å². The van der Waals surface area contributed by atoms with Crippen molar-refractivity contribution in [2.75, 3.05) is 37.7 Å². The van der Waals surface area contributed by atoms with Gasteiger partial charge in [0.05, 0.1) is 35.7 Å². The molecule has 0 radical (unpaired) electrons. The number of aromatic carboxylic acids is 1. The fraction of sp³-hybridized carbons (Fsp3) is 0.414. The molecule has 1 saturated heterocycles. The Balaban J connectivity index is 1.52. The minimum atomic E-state index is -0.991. The maximum Gasteiger partial charge on any atom is 0.335 e. The molecule has 1 N–H and O–H groups in total. The molecule has 1 aromatic heterocycles. The molecule has 0 spiro atoms. The van der Waals surface area contributed by atoms with Gasteiger partial charge in [0.2, 0.25) is 11.8 Å². The van der Waals surface area contributed by atoms with Crippen LogP contribution in [0, 0.1) is 0 Å². The van der Waals surface area contributed by atoms with Crippen molar-refractivity contribution >= 4 is 34.4 Å². The second-order valence-electron chi connectivity index (χ2n) is 10.2. The molecule has 1 aliphatic carbocycles. The van der Waals surface area contributed by atoms with E-state index in [9.17, 15) is 19.5 Å². The average molecular weight is 502 g/mol. The third-order valence-electron chi connectivity index (χ3n) is 8.07. The predicted octanol–water partition coefficient (Wildman–Crippen LogP) is 4.26. The molecule has 0 bridgehead atoms. The van der Waals surface area contributed by atoms with Gasteiger partial charge >= 0.3 is 5.97 Å². The number of hydrogen-bond acceptors (Lipinski definition) is 4. The monoisotopic (exact) mass is 501 g/mol. The molecular formula is C29H31N3O5. The van der Waals surface area contributed by atoms with E-state index in [1.54, 1.807) is 21.9 Å². The van der Waals surface area contributed by atoms with Crippen LogP contribution in [0.25, 0.3) is 22.2 Å². The van der Waals surface area contributed by atoms with Crippen molar-refractivity contribution in [3.05, 3.63) is 53.6 Å². The minimum absolute atomic E-state index is 0.0300. The third kappa shape index (κ3) is 4.19. The number of hydrogen-bond donors (Lipinski definition) is 1. The van der Waals surface area contributed by atoms with Gasteiger partial charge in [0.15, 0.2) is 0 Å². The molecule has 2 amide bonds. The molecule has 8 nitrogen and oxygen atoms in total. The van der Waals surface area contributed by atoms with Gasteiger partial charge in [-0.25, -0.2) is 4.79 Å². The van der Waals surface area contributed by atoms with Gasteiger partial charge in [0, 0.05) is 24.0 Å². The molecule has 192 valence electrons. The summed E-state index contributed by atoms with van der Waals surface area (Å²) in [6.07, 6.45) is 5.68. The number of amides is 2. The van der Waals surface area contributed by atoms with Gasteiger partial charge in [-0.05, 0) is 42.5 Å². The van der Waals surface area contributed by atoms with Crippen molar-refractivity contribution in [1.82, 2.24) is 9.47 Å². The number of ether oxygens (including phenoxy) is 1. The summed E-state index contributed by atoms with van der Waals surface area (Å²) >= 11 is 0. The fourth-order valence-corrected chi connectivity index (χ4v) is 6.25. The normalized spacial score (nSPS) is 18.4. The fourth-order valence-electron chi connectivity index (χ4n) is 6.25. The van der Waals surface area contributed by atoms with Crippen LogP contribution in [0.15, 0.2) is 42.5 Å². The van der Waals surface area contributed by atoms with E-state index in [2.05, 4.69) is 0 Å². The zero-order valence-electron chi connectivity index (χ0n) is 20.8. The van der Waals surface area contributed by atoms with Crippen molar-refractivity contribution in [3.63, 3.8) is 0 Å². The highest BCUT2D eigenvalue weighted by atomic mass is 16.5. The standard InChI is InChI=1S/C29H31N3O5/c33-25(30-12-14-37-15-13-30)17-31-23-9-5-4-8-22(23)28-27(19-6-2-1-3-7-19)21-11-10-20(29(35)36)16-24(21)32(28)18-26(31)34/h4-5,8-11,16,19H,1-3,6-7,12-15,17-18H2,(H,35,36). The van der Waals surface area contributed by atoms with Crippen molar-refractivity contribution in [1.29, 1.82) is 0 Å². The van der Waals surface area contributed by atoms with Crippen molar-refractivity contribution in [2.45, 2.75) is 44.6 Å². The molecule has 2 aliphatic heterocycles. The van der Waals surface area contributed by atoms with Gasteiger partial charge in [-0.15, -0.1) is 0 Å². The first kappa shape index (κ1) is 23.7. The Morgan fingerprint density at radius 1 is 1.00 bits per heavy atom. The Labute approximate surface area is 215 Å². The molecule has 8 heteroatoms. The summed E-state index contributed by atoms with van der Waals surface area (Å²) in [6.45, 7) is 2.08. The number of carbonyl (C=O) groups is 3. The van der Waals surface area contributed by atoms with Crippen LogP contribution in [0.3, 0.4) is 0 Å². The van der Waals surface area contributed by atoms with Crippen LogP contribution < -0.4 is 4.90 Å². The van der Waals surface area contributed by atoms with Gasteiger partial charge in [-0.2, -0.15) is 0 Å². The number of nitrogens with zero attached hydrogens (tertiary/aromatic N) is 3. The predicted molar refractivity (Wildman–Crippen MR) is 140 cm³/mol. The molecule has 6 rings (SSSR count). The van der Waals surface area contributed by atoms with E-state index in [-0.39, 0.29) is 30.5 Å². The van der Waals surface area contributed by atoms with E-state index in [0.717, 1.165) is 53.5 Å². The maximum absolute atomic E-state index is 13.8. The Bertz CT molecular complexity index is 1380. The lowest BCUT2D eigenvalue weighted by molar-refractivity contribution is -0.135. The number of anilines is 1. The van der Waals surface area contributed by atoms with Crippen LogP contribution in [0.5, 0.6) is 0 Å². The first-order chi connectivity index (χ1) is 18.0. The van der Waals surface area contributed by atoms with Crippen LogP contribution in [0.1, 0.15) is 53.9 Å². The number of carboxylic acid groups (broad SMARTS) is 1. The van der Waals surface area contributed by atoms with Crippen molar-refractivity contribution < 1.29 is 24.2 Å². The second-order valence-corrected chi connectivity index (χ2v) is 10.2. The Morgan fingerprint density at radius 2 is 1.76 bits per heavy atom. The van der Waals surface area contributed by atoms with Gasteiger partial charge in [0.25, 0.3) is 0 Å². The number of fused-ring (bicyclic) bond motifs is 5. The number of para-hydroxylation sites is 1. The topological polar surface area (TPSA) is 92.1 Å². The highest BCUT2D eigenvalue weighted by Gasteiger charge is 2.34. The number of aromatic nitrogens is 1. The van der Waals surface area contributed by atoms with Crippen LogP contribution in [-0.4, -0.2) is 65.2 Å². The Hall–Kier alpha value is -3.65. The number of carboxylic acids is 1. The smallest absolute Gasteiger partial charge is 0.335 e. The second kappa shape index (κ2) is 9.67. The summed E-state index contributed by atoms with van der Waals surface area (Å²) in [5, 5.41) is 10.7. The van der Waals surface area contributed by atoms with Gasteiger partial charge in [-0.1, -0.05) is 43.5 Å². The van der Waals surface area contributed by atoms with Crippen LogP contribution in [0.4, 0.5) is 5.69 Å². The summed E-state index contributed by atoms with van der Waals surface area (Å²) < 4.78 is 7.38. The summed E-state index contributed by atoms with van der Waals surface area (Å²) in [5.74, 6) is -0.924. The lowest BCUT2D eigenvalue weighted by atomic mass is 9.81. The van der Waals surface area contributed by atoms with Gasteiger partial charge in [-0.3, -0.25) is 9.59 Å². The molecule has 2 aromatic carbocycles. The molecule has 1 saturated carbocycles. The molecular weight excluding hydrogens is 470 g/mol. The van der Waals surface area contributed by atoms with Crippen LogP contribution >= 0.6 is 0 Å². The summed E-state index contributed by atoms with van der Waals surface area (Å²) in [7, 11) is 0. The number of rotatable bonds is 4. The zero-order valence-corrected chi connectivity index (χ0v) is 20.8. The molecule has 0 atom stereocenters. The van der Waals surface area contributed by atoms with Gasteiger partial charge in [0.1, 0.15) is 13.1 Å². The molecule has 0 unspecified atom stereocenters. The molecule has 2 fully saturated rings. The van der Waals surface area contributed by atoms with Crippen molar-refractivity contribution in [3.8, 4) is 11.3 Å². The number of benzene rings is 2. The van der Waals surface area contributed by atoms with E-state index in [0.29, 0.717) is 32.2 Å². The third-order valence-corrected chi connectivity index (χ3v) is 8.07. The first-order valence-corrected chi connectivity index (χ1v) is 13.2. The Kier molecular flexibility index (Phi) is 6.20. The zero-order chi connectivity index (χ0) is 25.5. The summed E-state index contributed by atoms with van der Waals surface area (Å²) in [5.41, 5.74) is 4.79. The number of carbonyl (C=O) groups excluding carboxylic acids is 2. The largest absolute Gasteiger partial charge is 0.478 e. The van der Waals surface area contributed by atoms with E-state index in [4.69, 9.17) is 4.74 Å². The van der Waals surface area contributed by atoms with E-state index in [1.165, 1.54) is 12.0 Å². The Morgan fingerprint density at radius 3 is 2.51 bits per heavy atom. The molecule has 3 aromatic rings. The first-order valence-electron chi connectivity index (χ1n) is 13.2. The number of morpholine rings is 1. The molecule has 3 aliphatic rings. The summed E-state index contributed by atoms with van der Waals surface area (Å²) in [6, 6.07) is 13.1. The summed E-state index contributed by atoms with van der Waals surface area (Å²) in [4.78, 5) is 42.2. The highest BCUT2D eigenvalue weighted by molar-refractivity contribution is 6.07. The highest BCUT2D eigenvalue weighted by Crippen LogP contribution is 2.47. The van der Waals surface area contributed by atoms with Crippen LogP contribution in [-0.2, 0) is 20.9 Å². The van der Waals surface area contributed by atoms with Crippen LogP contribution in [0.2, 0.25) is 0 Å². The minimum Gasteiger partial charge on any atom is -0.478 e. The van der Waals surface area contributed by atoms with Gasteiger partial charge < -0.3 is 24.2 Å². The lowest BCUT2D eigenvalue weighted by Gasteiger charge is -2.30. The quantitative estimate of drug-likeness (QED) is 0.577. The lowest BCUT2D eigenvalue weighted by Crippen LogP contribution is -2.47. The van der Waals surface area contributed by atoms with E-state index in [1.807, 2.05) is 34.9 Å². The SMILES string of the molecule is O=C(O)c1ccc2c(C3CCCCC3)c3n(c2c1)CC(=O)N(CC(=O)N1CCOCC1)c1ccccc1-3. The molecule has 3 heterocycles. The van der Waals surface area contributed by atoms with E-state index >= 15 is 0 Å². The molecule has 37 heavy (non-hydrogen) atoms. The van der Waals surface area contributed by atoms with Crippen molar-refractivity contribution in [2.24, 2.45) is 0 Å². The maximum atomic E-state index is 13.8. The average Bonchev–Trinajstić information content (AvgIpc) is 3.19.